The zero-order valence-electron chi connectivity index (χ0n) is 26.2. The molecule has 0 atom stereocenters. The summed E-state index contributed by atoms with van der Waals surface area (Å²) in [7, 11) is 4.21. The van der Waals surface area contributed by atoms with Crippen LogP contribution in [0.3, 0.4) is 0 Å². The highest BCUT2D eigenvalue weighted by molar-refractivity contribution is 5.67. The zero-order chi connectivity index (χ0) is 28.7. The van der Waals surface area contributed by atoms with E-state index in [2.05, 4.69) is 111 Å². The van der Waals surface area contributed by atoms with Gasteiger partial charge in [0, 0.05) is 68.3 Å². The number of hydrogen-bond acceptors (Lipinski definition) is 4. The fourth-order valence-corrected chi connectivity index (χ4v) is 5.92. The molecule has 0 saturated carbocycles. The van der Waals surface area contributed by atoms with Crippen LogP contribution in [0, 0.1) is 6.92 Å². The van der Waals surface area contributed by atoms with E-state index in [9.17, 15) is 0 Å². The Kier molecular flexibility index (Phi) is 10.9. The lowest BCUT2D eigenvalue weighted by Crippen LogP contribution is -2.45. The lowest BCUT2D eigenvalue weighted by atomic mass is 9.92. The Hall–Kier alpha value is -2.56. The minimum absolute atomic E-state index is 0.132. The van der Waals surface area contributed by atoms with Gasteiger partial charge in [0.25, 0.3) is 0 Å². The van der Waals surface area contributed by atoms with E-state index < -0.39 is 0 Å². The lowest BCUT2D eigenvalue weighted by Gasteiger charge is -2.40. The first-order valence-corrected chi connectivity index (χ1v) is 15.0. The fourth-order valence-electron chi connectivity index (χ4n) is 5.92. The van der Waals surface area contributed by atoms with E-state index in [-0.39, 0.29) is 5.54 Å². The monoisotopic (exact) mass is 530 g/mol. The van der Waals surface area contributed by atoms with Gasteiger partial charge < -0.3 is 14.7 Å². The van der Waals surface area contributed by atoms with Crippen molar-refractivity contribution in [3.8, 4) is 0 Å². The van der Waals surface area contributed by atoms with Crippen molar-refractivity contribution in [3.63, 3.8) is 0 Å². The highest BCUT2D eigenvalue weighted by atomic mass is 15.3. The molecule has 2 aliphatic heterocycles. The predicted molar refractivity (Wildman–Crippen MR) is 170 cm³/mol. The highest BCUT2D eigenvalue weighted by Gasteiger charge is 2.33. The van der Waals surface area contributed by atoms with Crippen LogP contribution in [0.2, 0.25) is 0 Å². The Balaban J connectivity index is 0.00000205. The van der Waals surface area contributed by atoms with Crippen LogP contribution in [0.4, 0.5) is 0 Å². The maximum absolute atomic E-state index is 4.59. The first-order chi connectivity index (χ1) is 18.6. The van der Waals surface area contributed by atoms with Gasteiger partial charge in [0.2, 0.25) is 0 Å². The van der Waals surface area contributed by atoms with Crippen LogP contribution in [0.1, 0.15) is 74.4 Å². The first kappa shape index (κ1) is 31.0. The third-order valence-electron chi connectivity index (χ3n) is 8.58. The predicted octanol–water partition coefficient (Wildman–Crippen LogP) is 6.97. The van der Waals surface area contributed by atoms with Crippen molar-refractivity contribution in [1.82, 2.24) is 19.6 Å². The molecule has 0 radical (unpaired) electrons. The summed E-state index contributed by atoms with van der Waals surface area (Å²) < 4.78 is 0. The Morgan fingerprint density at radius 2 is 1.62 bits per heavy atom. The summed E-state index contributed by atoms with van der Waals surface area (Å²) in [6.45, 7) is 29.2. The average Bonchev–Trinajstić information content (AvgIpc) is 3.39. The minimum atomic E-state index is 0.132. The normalized spacial score (nSPS) is 15.7. The third kappa shape index (κ3) is 7.55. The van der Waals surface area contributed by atoms with Gasteiger partial charge in [-0.05, 0) is 81.9 Å². The Morgan fingerprint density at radius 3 is 2.26 bits per heavy atom. The summed E-state index contributed by atoms with van der Waals surface area (Å²) in [6, 6.07) is 13.9. The number of nitrogens with zero attached hydrogens (tertiary/aromatic N) is 4. The van der Waals surface area contributed by atoms with Crippen LogP contribution in [-0.2, 0) is 25.9 Å². The standard InChI is InChI=1S/C33H48N4.C2H6/c1-9-29-21-28(14-13-25(29)2)15-16-33(5,6)37-23-30-11-10-12-31(32(30)24-37)27(4)36-19-17-35(18-20-36)26(3)22-34(7)8;1-2/h10-14,21H,3-4,9,15-20,22-24H2,1-2,5-8H3;1-2H3. The van der Waals surface area contributed by atoms with Crippen LogP contribution >= 0.6 is 0 Å². The lowest BCUT2D eigenvalue weighted by molar-refractivity contribution is 0.109. The molecule has 2 aromatic rings. The molecule has 0 bridgehead atoms. The summed E-state index contributed by atoms with van der Waals surface area (Å²) in [5.41, 5.74) is 11.2. The summed E-state index contributed by atoms with van der Waals surface area (Å²) in [5, 5.41) is 0. The second kappa shape index (κ2) is 13.7. The van der Waals surface area contributed by atoms with Gasteiger partial charge >= 0.3 is 0 Å². The topological polar surface area (TPSA) is 13.0 Å². The van der Waals surface area contributed by atoms with Crippen LogP contribution < -0.4 is 0 Å². The van der Waals surface area contributed by atoms with Crippen molar-refractivity contribution >= 4 is 5.70 Å². The minimum Gasteiger partial charge on any atom is -0.371 e. The smallest absolute Gasteiger partial charge is 0.0371 e. The second-order valence-corrected chi connectivity index (χ2v) is 12.0. The molecule has 2 heterocycles. The second-order valence-electron chi connectivity index (χ2n) is 12.0. The molecule has 39 heavy (non-hydrogen) atoms. The molecule has 0 spiro atoms. The van der Waals surface area contributed by atoms with Crippen molar-refractivity contribution in [3.05, 3.63) is 88.6 Å². The van der Waals surface area contributed by atoms with Crippen LogP contribution in [0.25, 0.3) is 5.70 Å². The fraction of sp³-hybridized carbons (Fsp3) is 0.543. The molecule has 214 valence electrons. The van der Waals surface area contributed by atoms with Gasteiger partial charge in [0.05, 0.1) is 0 Å². The summed E-state index contributed by atoms with van der Waals surface area (Å²) in [4.78, 5) is 9.77. The molecule has 2 aromatic carbocycles. The van der Waals surface area contributed by atoms with Gasteiger partial charge in [0.1, 0.15) is 0 Å². The van der Waals surface area contributed by atoms with Gasteiger partial charge in [-0.3, -0.25) is 4.90 Å². The molecule has 4 rings (SSSR count). The quantitative estimate of drug-likeness (QED) is 0.329. The SMILES string of the molecule is C=C(CN(C)C)N1CCN(C(=C)c2cccc3c2CN(C(C)(C)CCc2ccc(C)c(CC)c2)C3)CC1.CC. The van der Waals surface area contributed by atoms with Crippen LogP contribution in [0.5, 0.6) is 0 Å². The van der Waals surface area contributed by atoms with E-state index in [4.69, 9.17) is 0 Å². The van der Waals surface area contributed by atoms with Crippen molar-refractivity contribution in [1.29, 1.82) is 0 Å². The molecule has 0 aromatic heterocycles. The molecule has 0 aliphatic carbocycles. The Bertz CT molecular complexity index is 1120. The van der Waals surface area contributed by atoms with Crippen molar-refractivity contribution < 1.29 is 0 Å². The van der Waals surface area contributed by atoms with Crippen molar-refractivity contribution in [2.75, 3.05) is 46.8 Å². The Morgan fingerprint density at radius 1 is 0.949 bits per heavy atom. The van der Waals surface area contributed by atoms with Crippen LogP contribution in [0.15, 0.2) is 55.3 Å². The van der Waals surface area contributed by atoms with E-state index in [1.54, 1.807) is 0 Å². The molecule has 4 nitrogen and oxygen atoms in total. The molecule has 1 fully saturated rings. The van der Waals surface area contributed by atoms with E-state index in [1.807, 2.05) is 13.8 Å². The van der Waals surface area contributed by atoms with Crippen LogP contribution in [-0.4, -0.2) is 72.0 Å². The molecular weight excluding hydrogens is 476 g/mol. The van der Waals surface area contributed by atoms with E-state index >= 15 is 0 Å². The van der Waals surface area contributed by atoms with Crippen molar-refractivity contribution in [2.45, 2.75) is 79.4 Å². The molecule has 2 aliphatic rings. The zero-order valence-corrected chi connectivity index (χ0v) is 26.2. The molecule has 0 unspecified atom stereocenters. The maximum Gasteiger partial charge on any atom is 0.0371 e. The van der Waals surface area contributed by atoms with E-state index in [0.717, 1.165) is 65.1 Å². The number of fused-ring (bicyclic) bond motifs is 1. The number of rotatable bonds is 10. The third-order valence-corrected chi connectivity index (χ3v) is 8.58. The van der Waals surface area contributed by atoms with Crippen molar-refractivity contribution in [2.24, 2.45) is 0 Å². The number of benzene rings is 2. The molecule has 0 N–H and O–H groups in total. The summed E-state index contributed by atoms with van der Waals surface area (Å²) in [6.07, 6.45) is 3.38. The molecule has 0 amide bonds. The Labute approximate surface area is 240 Å². The molecule has 1 saturated heterocycles. The first-order valence-electron chi connectivity index (χ1n) is 15.0. The van der Waals surface area contributed by atoms with Gasteiger partial charge in [-0.1, -0.05) is 70.3 Å². The number of piperazine rings is 1. The molecule has 4 heteroatoms. The van der Waals surface area contributed by atoms with Gasteiger partial charge in [-0.15, -0.1) is 0 Å². The number of aryl methyl sites for hydroxylation is 3. The van der Waals surface area contributed by atoms with E-state index in [0.29, 0.717) is 0 Å². The van der Waals surface area contributed by atoms with Gasteiger partial charge in [-0.25, -0.2) is 0 Å². The summed E-state index contributed by atoms with van der Waals surface area (Å²) >= 11 is 0. The van der Waals surface area contributed by atoms with Gasteiger partial charge in [-0.2, -0.15) is 0 Å². The maximum atomic E-state index is 4.59. The van der Waals surface area contributed by atoms with Gasteiger partial charge in [0.15, 0.2) is 0 Å². The summed E-state index contributed by atoms with van der Waals surface area (Å²) in [5.74, 6) is 0. The largest absolute Gasteiger partial charge is 0.371 e. The highest BCUT2D eigenvalue weighted by Crippen LogP contribution is 2.36. The number of likely N-dealkylation sites (N-methyl/N-ethyl adjacent to an activating group) is 1. The average molecular weight is 531 g/mol. The number of hydrogen-bond donors (Lipinski definition) is 0. The molecular formula is C35H54N4. The van der Waals surface area contributed by atoms with E-state index in [1.165, 1.54) is 44.8 Å².